The number of halogens is 2. The van der Waals surface area contributed by atoms with Gasteiger partial charge in [0, 0.05) is 22.3 Å². The van der Waals surface area contributed by atoms with Gasteiger partial charge in [0.05, 0.1) is 12.9 Å². The number of hydrogen-bond donors (Lipinski definition) is 1. The zero-order chi connectivity index (χ0) is 22.2. The fourth-order valence-electron chi connectivity index (χ4n) is 2.62. The van der Waals surface area contributed by atoms with E-state index in [-0.39, 0.29) is 18.3 Å². The molecule has 0 aliphatic carbocycles. The van der Waals surface area contributed by atoms with Crippen LogP contribution in [0.3, 0.4) is 0 Å². The molecule has 1 amide bonds. The van der Waals surface area contributed by atoms with Gasteiger partial charge in [0.25, 0.3) is 0 Å². The molecule has 0 saturated heterocycles. The first-order chi connectivity index (χ1) is 15.0. The van der Waals surface area contributed by atoms with E-state index in [0.717, 1.165) is 5.75 Å². The molecular weight excluding hydrogens is 459 g/mol. The number of ether oxygens (including phenoxy) is 2. The number of benzene rings is 2. The summed E-state index contributed by atoms with van der Waals surface area (Å²) in [4.78, 5) is 12.3. The molecule has 0 aliphatic heterocycles. The molecule has 0 saturated carbocycles. The van der Waals surface area contributed by atoms with Gasteiger partial charge >= 0.3 is 0 Å². The van der Waals surface area contributed by atoms with Gasteiger partial charge in [-0.3, -0.25) is 9.36 Å². The van der Waals surface area contributed by atoms with E-state index < -0.39 is 0 Å². The molecule has 0 atom stereocenters. The molecule has 7 nitrogen and oxygen atoms in total. The Balaban J connectivity index is 1.61. The number of nitrogens with zero attached hydrogens (tertiary/aromatic N) is 3. The first kappa shape index (κ1) is 23.0. The van der Waals surface area contributed by atoms with Crippen molar-refractivity contribution >= 4 is 46.6 Å². The number of allylic oxidation sites excluding steroid dienone is 1. The van der Waals surface area contributed by atoms with Gasteiger partial charge in [0.15, 0.2) is 11.0 Å². The number of anilines is 1. The zero-order valence-electron chi connectivity index (χ0n) is 16.7. The summed E-state index contributed by atoms with van der Waals surface area (Å²) in [5.41, 5.74) is 0.532. The predicted octanol–water partition coefficient (Wildman–Crippen LogP) is 5.09. The van der Waals surface area contributed by atoms with Gasteiger partial charge in [-0.05, 0) is 42.5 Å². The van der Waals surface area contributed by atoms with Crippen LogP contribution in [0.25, 0.3) is 0 Å². The van der Waals surface area contributed by atoms with Crippen LogP contribution in [0.2, 0.25) is 10.0 Å². The number of aromatic nitrogens is 3. The Bertz CT molecular complexity index is 1040. The van der Waals surface area contributed by atoms with Crippen LogP contribution in [-0.2, 0) is 17.9 Å². The largest absolute Gasteiger partial charge is 0.497 e. The number of amides is 1. The third kappa shape index (κ3) is 6.65. The Morgan fingerprint density at radius 1 is 1.16 bits per heavy atom. The Labute approximate surface area is 194 Å². The lowest BCUT2D eigenvalue weighted by atomic mass is 10.3. The molecule has 0 unspecified atom stereocenters. The maximum Gasteiger partial charge on any atom is 0.234 e. The molecule has 1 N–H and O–H groups in total. The van der Waals surface area contributed by atoms with Crippen LogP contribution in [-0.4, -0.2) is 33.5 Å². The molecule has 0 bridgehead atoms. The van der Waals surface area contributed by atoms with Gasteiger partial charge < -0.3 is 14.8 Å². The van der Waals surface area contributed by atoms with Gasteiger partial charge in [-0.2, -0.15) is 0 Å². The van der Waals surface area contributed by atoms with E-state index in [1.165, 1.54) is 11.8 Å². The minimum atomic E-state index is -0.215. The molecule has 31 heavy (non-hydrogen) atoms. The molecule has 0 aliphatic rings. The normalized spacial score (nSPS) is 10.5. The molecule has 0 radical (unpaired) electrons. The van der Waals surface area contributed by atoms with Crippen LogP contribution in [0.15, 0.2) is 60.3 Å². The number of carbonyl (C=O) groups is 1. The average molecular weight is 479 g/mol. The van der Waals surface area contributed by atoms with Gasteiger partial charge in [-0.25, -0.2) is 0 Å². The second-order valence-corrected chi connectivity index (χ2v) is 8.07. The highest BCUT2D eigenvalue weighted by Crippen LogP contribution is 2.24. The van der Waals surface area contributed by atoms with Crippen LogP contribution < -0.4 is 14.8 Å². The first-order valence-corrected chi connectivity index (χ1v) is 10.9. The van der Waals surface area contributed by atoms with Crippen molar-refractivity contribution in [2.45, 2.75) is 18.3 Å². The Hall–Kier alpha value is -2.68. The fraction of sp³-hybridized carbons (Fsp3) is 0.190. The molecule has 3 rings (SSSR count). The minimum absolute atomic E-state index is 0.138. The summed E-state index contributed by atoms with van der Waals surface area (Å²) in [5, 5.41) is 12.6. The average Bonchev–Trinajstić information content (AvgIpc) is 3.12. The second kappa shape index (κ2) is 11.1. The first-order valence-electron chi connectivity index (χ1n) is 9.17. The topological polar surface area (TPSA) is 78.3 Å². The maximum absolute atomic E-state index is 12.3. The molecule has 1 aromatic heterocycles. The third-order valence-electron chi connectivity index (χ3n) is 4.01. The maximum atomic E-state index is 12.3. The highest BCUT2D eigenvalue weighted by Gasteiger charge is 2.14. The summed E-state index contributed by atoms with van der Waals surface area (Å²) in [7, 11) is 1.61. The number of rotatable bonds is 10. The number of carbonyl (C=O) groups excluding carboxylic acids is 1. The predicted molar refractivity (Wildman–Crippen MR) is 123 cm³/mol. The molecule has 1 heterocycles. The van der Waals surface area contributed by atoms with E-state index >= 15 is 0 Å². The molecule has 3 aromatic rings. The number of nitrogens with one attached hydrogen (secondary N) is 1. The fourth-order valence-corrected chi connectivity index (χ4v) is 3.91. The Kier molecular flexibility index (Phi) is 8.22. The SMILES string of the molecule is C=CCn1c(COc2ccc(OC)cc2)nnc1SCC(=O)Nc1cc(Cl)cc(Cl)c1. The van der Waals surface area contributed by atoms with Gasteiger partial charge in [0.2, 0.25) is 5.91 Å². The molecule has 2 aromatic carbocycles. The quantitative estimate of drug-likeness (QED) is 0.323. The van der Waals surface area contributed by atoms with Crippen molar-refractivity contribution in [1.82, 2.24) is 14.8 Å². The van der Waals surface area contributed by atoms with Crippen LogP contribution in [0.1, 0.15) is 5.82 Å². The van der Waals surface area contributed by atoms with Crippen molar-refractivity contribution in [3.63, 3.8) is 0 Å². The van der Waals surface area contributed by atoms with Gasteiger partial charge in [0.1, 0.15) is 18.1 Å². The lowest BCUT2D eigenvalue weighted by molar-refractivity contribution is -0.113. The zero-order valence-corrected chi connectivity index (χ0v) is 19.0. The summed E-state index contributed by atoms with van der Waals surface area (Å²) in [5.74, 6) is 1.98. The van der Waals surface area contributed by atoms with Crippen molar-refractivity contribution in [3.8, 4) is 11.5 Å². The summed E-state index contributed by atoms with van der Waals surface area (Å²) in [6.45, 7) is 4.49. The Morgan fingerprint density at radius 2 is 1.84 bits per heavy atom. The van der Waals surface area contributed by atoms with Crippen LogP contribution in [0.5, 0.6) is 11.5 Å². The third-order valence-corrected chi connectivity index (χ3v) is 5.41. The summed E-state index contributed by atoms with van der Waals surface area (Å²) in [6, 6.07) is 12.1. The van der Waals surface area contributed by atoms with Crippen molar-refractivity contribution in [1.29, 1.82) is 0 Å². The summed E-state index contributed by atoms with van der Waals surface area (Å²) >= 11 is 13.2. The van der Waals surface area contributed by atoms with E-state index in [0.29, 0.717) is 39.0 Å². The van der Waals surface area contributed by atoms with Crippen molar-refractivity contribution in [2.24, 2.45) is 0 Å². The van der Waals surface area contributed by atoms with Gasteiger partial charge in [-0.15, -0.1) is 16.8 Å². The van der Waals surface area contributed by atoms with Crippen molar-refractivity contribution in [2.75, 3.05) is 18.2 Å². The van der Waals surface area contributed by atoms with Gasteiger partial charge in [-0.1, -0.05) is 41.0 Å². The Morgan fingerprint density at radius 3 is 2.48 bits per heavy atom. The summed E-state index contributed by atoms with van der Waals surface area (Å²) in [6.07, 6.45) is 1.73. The number of thioether (sulfide) groups is 1. The second-order valence-electron chi connectivity index (χ2n) is 6.26. The van der Waals surface area contributed by atoms with Crippen LogP contribution >= 0.6 is 35.0 Å². The van der Waals surface area contributed by atoms with E-state index in [1.807, 2.05) is 28.8 Å². The lowest BCUT2D eigenvalue weighted by Gasteiger charge is -2.10. The number of methoxy groups -OCH3 is 1. The molecule has 162 valence electrons. The highest BCUT2D eigenvalue weighted by molar-refractivity contribution is 7.99. The van der Waals surface area contributed by atoms with Crippen LogP contribution in [0.4, 0.5) is 5.69 Å². The smallest absolute Gasteiger partial charge is 0.234 e. The molecule has 10 heteroatoms. The highest BCUT2D eigenvalue weighted by atomic mass is 35.5. The monoisotopic (exact) mass is 478 g/mol. The molecular formula is C21H20Cl2N4O3S. The standard InChI is InChI=1S/C21H20Cl2N4O3S/c1-3-8-27-19(12-30-18-6-4-17(29-2)5-7-18)25-26-21(27)31-13-20(28)24-16-10-14(22)9-15(23)11-16/h3-7,9-11H,1,8,12-13H2,2H3,(H,24,28). The van der Waals surface area contributed by atoms with E-state index in [4.69, 9.17) is 32.7 Å². The van der Waals surface area contributed by atoms with E-state index in [1.54, 1.807) is 31.4 Å². The van der Waals surface area contributed by atoms with Crippen LogP contribution in [0, 0.1) is 0 Å². The van der Waals surface area contributed by atoms with E-state index in [9.17, 15) is 4.79 Å². The van der Waals surface area contributed by atoms with E-state index in [2.05, 4.69) is 22.1 Å². The molecule has 0 spiro atoms. The molecule has 0 fully saturated rings. The lowest BCUT2D eigenvalue weighted by Crippen LogP contribution is -2.15. The minimum Gasteiger partial charge on any atom is -0.497 e. The van der Waals surface area contributed by atoms with Crippen molar-refractivity contribution in [3.05, 3.63) is 71.0 Å². The van der Waals surface area contributed by atoms with Crippen molar-refractivity contribution < 1.29 is 14.3 Å². The summed E-state index contributed by atoms with van der Waals surface area (Å²) < 4.78 is 12.8. The number of hydrogen-bond acceptors (Lipinski definition) is 6.